The fraction of sp³-hybridized carbons (Fsp3) is 0.231. The Kier molecular flexibility index (Phi) is 2.50. The highest BCUT2D eigenvalue weighted by molar-refractivity contribution is 5.67. The zero-order valence-electron chi connectivity index (χ0n) is 9.20. The van der Waals surface area contributed by atoms with Gasteiger partial charge in [0.25, 0.3) is 0 Å². The molecule has 0 radical (unpaired) electrons. The van der Waals surface area contributed by atoms with Crippen molar-refractivity contribution in [2.45, 2.75) is 20.4 Å². The molecule has 0 spiro atoms. The maximum atomic E-state index is 5.90. The Labute approximate surface area is 90.3 Å². The Morgan fingerprint density at radius 1 is 1.13 bits per heavy atom. The van der Waals surface area contributed by atoms with E-state index in [0.717, 1.165) is 12.4 Å². The highest BCUT2D eigenvalue weighted by Crippen LogP contribution is 2.26. The smallest absolute Gasteiger partial charge is 0.103 e. The van der Waals surface area contributed by atoms with Gasteiger partial charge in [-0.2, -0.15) is 0 Å². The summed E-state index contributed by atoms with van der Waals surface area (Å²) in [6.07, 6.45) is 0. The lowest BCUT2D eigenvalue weighted by Crippen LogP contribution is -2.02. The molecule has 2 N–H and O–H groups in total. The molecule has 0 atom stereocenters. The van der Waals surface area contributed by atoms with Crippen LogP contribution in [-0.2, 0) is 6.54 Å². The van der Waals surface area contributed by atoms with Crippen LogP contribution in [0.1, 0.15) is 12.5 Å². The molecule has 0 aliphatic rings. The van der Waals surface area contributed by atoms with E-state index in [0.29, 0.717) is 0 Å². The lowest BCUT2D eigenvalue weighted by Gasteiger charge is -2.10. The van der Waals surface area contributed by atoms with Crippen molar-refractivity contribution in [3.05, 3.63) is 42.0 Å². The summed E-state index contributed by atoms with van der Waals surface area (Å²) in [5.74, 6) is 0.829. The van der Waals surface area contributed by atoms with Crippen LogP contribution in [0.5, 0.6) is 0 Å². The van der Waals surface area contributed by atoms with Crippen molar-refractivity contribution < 1.29 is 0 Å². The van der Waals surface area contributed by atoms with Gasteiger partial charge >= 0.3 is 0 Å². The molecule has 2 aromatic rings. The summed E-state index contributed by atoms with van der Waals surface area (Å²) in [7, 11) is 0. The Hall–Kier alpha value is -1.70. The lowest BCUT2D eigenvalue weighted by molar-refractivity contribution is 0.787. The minimum atomic E-state index is 0.829. The first-order chi connectivity index (χ1) is 7.24. The van der Waals surface area contributed by atoms with Crippen molar-refractivity contribution in [2.24, 2.45) is 0 Å². The second-order valence-electron chi connectivity index (χ2n) is 3.70. The van der Waals surface area contributed by atoms with E-state index >= 15 is 0 Å². The maximum Gasteiger partial charge on any atom is 0.103 e. The van der Waals surface area contributed by atoms with Gasteiger partial charge in [-0.1, -0.05) is 24.3 Å². The Morgan fingerprint density at radius 3 is 2.53 bits per heavy atom. The van der Waals surface area contributed by atoms with E-state index in [4.69, 9.17) is 5.73 Å². The summed E-state index contributed by atoms with van der Waals surface area (Å²) in [5, 5.41) is 0. The summed E-state index contributed by atoms with van der Waals surface area (Å²) < 4.78 is 2.13. The number of aryl methyl sites for hydroxylation is 1. The predicted molar refractivity (Wildman–Crippen MR) is 64.7 cm³/mol. The topological polar surface area (TPSA) is 30.9 Å². The first-order valence-corrected chi connectivity index (χ1v) is 5.25. The van der Waals surface area contributed by atoms with E-state index in [9.17, 15) is 0 Å². The molecule has 1 heterocycles. The van der Waals surface area contributed by atoms with E-state index < -0.39 is 0 Å². The molecule has 0 unspecified atom stereocenters. The minimum absolute atomic E-state index is 0.829. The summed E-state index contributed by atoms with van der Waals surface area (Å²) in [5.41, 5.74) is 9.65. The molecular weight excluding hydrogens is 184 g/mol. The Morgan fingerprint density at radius 2 is 1.87 bits per heavy atom. The van der Waals surface area contributed by atoms with E-state index in [-0.39, 0.29) is 0 Å². The van der Waals surface area contributed by atoms with Crippen LogP contribution in [0.25, 0.3) is 11.3 Å². The van der Waals surface area contributed by atoms with Gasteiger partial charge in [-0.05, 0) is 31.5 Å². The third-order valence-electron chi connectivity index (χ3n) is 2.75. The number of anilines is 1. The molecule has 78 valence electrons. The molecule has 0 amide bonds. The van der Waals surface area contributed by atoms with Crippen molar-refractivity contribution >= 4 is 5.82 Å². The summed E-state index contributed by atoms with van der Waals surface area (Å²) in [6, 6.07) is 12.4. The quantitative estimate of drug-likeness (QED) is 0.793. The SMILES string of the molecule is CCn1c(N)ccc1-c1ccccc1C. The van der Waals surface area contributed by atoms with Crippen molar-refractivity contribution in [3.8, 4) is 11.3 Å². The van der Waals surface area contributed by atoms with Gasteiger partial charge in [0, 0.05) is 17.8 Å². The molecular formula is C13H16N2. The van der Waals surface area contributed by atoms with Gasteiger partial charge in [0.15, 0.2) is 0 Å². The van der Waals surface area contributed by atoms with Crippen LogP contribution in [-0.4, -0.2) is 4.57 Å². The third-order valence-corrected chi connectivity index (χ3v) is 2.75. The fourth-order valence-electron chi connectivity index (χ4n) is 1.93. The van der Waals surface area contributed by atoms with Crippen LogP contribution in [0.3, 0.4) is 0 Å². The van der Waals surface area contributed by atoms with E-state index in [1.807, 2.05) is 6.07 Å². The summed E-state index contributed by atoms with van der Waals surface area (Å²) in [6.45, 7) is 5.14. The molecule has 1 aromatic carbocycles. The summed E-state index contributed by atoms with van der Waals surface area (Å²) >= 11 is 0. The van der Waals surface area contributed by atoms with Crippen LogP contribution in [0.15, 0.2) is 36.4 Å². The largest absolute Gasteiger partial charge is 0.385 e. The van der Waals surface area contributed by atoms with Crippen LogP contribution in [0.2, 0.25) is 0 Å². The van der Waals surface area contributed by atoms with Crippen LogP contribution in [0, 0.1) is 6.92 Å². The number of hydrogen-bond acceptors (Lipinski definition) is 1. The van der Waals surface area contributed by atoms with Gasteiger partial charge in [0.05, 0.1) is 0 Å². The minimum Gasteiger partial charge on any atom is -0.385 e. The first-order valence-electron chi connectivity index (χ1n) is 5.25. The van der Waals surface area contributed by atoms with E-state index in [1.165, 1.54) is 16.8 Å². The third kappa shape index (κ3) is 1.63. The van der Waals surface area contributed by atoms with Crippen LogP contribution in [0.4, 0.5) is 5.82 Å². The molecule has 15 heavy (non-hydrogen) atoms. The fourth-order valence-corrected chi connectivity index (χ4v) is 1.93. The number of benzene rings is 1. The molecule has 2 heteroatoms. The molecule has 0 aliphatic heterocycles. The van der Waals surface area contributed by atoms with Crippen LogP contribution < -0.4 is 5.73 Å². The molecule has 1 aromatic heterocycles. The average molecular weight is 200 g/mol. The monoisotopic (exact) mass is 200 g/mol. The standard InChI is InChI=1S/C13H16N2/c1-3-15-12(8-9-13(15)14)11-7-5-4-6-10(11)2/h4-9H,3,14H2,1-2H3. The van der Waals surface area contributed by atoms with E-state index in [1.54, 1.807) is 0 Å². The van der Waals surface area contributed by atoms with Gasteiger partial charge in [-0.3, -0.25) is 0 Å². The normalized spacial score (nSPS) is 10.5. The number of aromatic nitrogens is 1. The highest BCUT2D eigenvalue weighted by atomic mass is 15.0. The first kappa shape index (κ1) is 9.84. The Balaban J connectivity index is 2.59. The van der Waals surface area contributed by atoms with Crippen LogP contribution >= 0.6 is 0 Å². The van der Waals surface area contributed by atoms with Gasteiger partial charge < -0.3 is 10.3 Å². The maximum absolute atomic E-state index is 5.90. The number of hydrogen-bond donors (Lipinski definition) is 1. The van der Waals surface area contributed by atoms with Gasteiger partial charge in [0.2, 0.25) is 0 Å². The van der Waals surface area contributed by atoms with Gasteiger partial charge in [0.1, 0.15) is 5.82 Å². The number of nitrogens with two attached hydrogens (primary N) is 1. The zero-order valence-corrected chi connectivity index (χ0v) is 9.20. The number of rotatable bonds is 2. The van der Waals surface area contributed by atoms with Gasteiger partial charge in [-0.15, -0.1) is 0 Å². The van der Waals surface area contributed by atoms with Crippen molar-refractivity contribution in [1.29, 1.82) is 0 Å². The number of nitrogen functional groups attached to an aromatic ring is 1. The number of nitrogens with zero attached hydrogens (tertiary/aromatic N) is 1. The lowest BCUT2D eigenvalue weighted by atomic mass is 10.1. The summed E-state index contributed by atoms with van der Waals surface area (Å²) in [4.78, 5) is 0. The molecule has 0 fully saturated rings. The second-order valence-corrected chi connectivity index (χ2v) is 3.70. The Bertz CT molecular complexity index is 469. The van der Waals surface area contributed by atoms with E-state index in [2.05, 4.69) is 48.7 Å². The molecule has 0 bridgehead atoms. The van der Waals surface area contributed by atoms with Crippen molar-refractivity contribution in [3.63, 3.8) is 0 Å². The molecule has 2 nitrogen and oxygen atoms in total. The van der Waals surface area contributed by atoms with Crippen molar-refractivity contribution in [1.82, 2.24) is 4.57 Å². The van der Waals surface area contributed by atoms with Crippen molar-refractivity contribution in [2.75, 3.05) is 5.73 Å². The predicted octanol–water partition coefficient (Wildman–Crippen LogP) is 3.07. The average Bonchev–Trinajstić information content (AvgIpc) is 2.60. The molecule has 0 aliphatic carbocycles. The molecule has 0 saturated heterocycles. The molecule has 2 rings (SSSR count). The highest BCUT2D eigenvalue weighted by Gasteiger charge is 2.07. The second kappa shape index (κ2) is 3.81. The van der Waals surface area contributed by atoms with Gasteiger partial charge in [-0.25, -0.2) is 0 Å². The zero-order chi connectivity index (χ0) is 10.8. The molecule has 0 saturated carbocycles.